The lowest BCUT2D eigenvalue weighted by atomic mass is 9.86. The molecule has 3 aromatic carbocycles. The number of hydrogen-bond acceptors (Lipinski definition) is 5. The van der Waals surface area contributed by atoms with Crippen LogP contribution >= 0.6 is 11.6 Å². The molecular weight excluding hydrogens is 526 g/mol. The topological polar surface area (TPSA) is 94.0 Å². The van der Waals surface area contributed by atoms with Crippen LogP contribution in [0.2, 0.25) is 5.02 Å². The van der Waals surface area contributed by atoms with E-state index in [-0.39, 0.29) is 17.0 Å². The van der Waals surface area contributed by atoms with E-state index in [4.69, 9.17) is 11.6 Å². The molecule has 0 radical (unpaired) electrons. The van der Waals surface area contributed by atoms with Crippen LogP contribution < -0.4 is 4.90 Å². The molecule has 4 aromatic rings. The third-order valence-electron chi connectivity index (χ3n) is 7.73. The Morgan fingerprint density at radius 2 is 1.40 bits per heavy atom. The summed E-state index contributed by atoms with van der Waals surface area (Å²) in [5.74, 6) is -1.83. The normalized spacial score (nSPS) is 14.1. The Balaban J connectivity index is 1.18. The summed E-state index contributed by atoms with van der Waals surface area (Å²) in [7, 11) is 0. The second-order valence-electron chi connectivity index (χ2n) is 10.2. The number of carbonyl (C=O) groups is 2. The average molecular weight is 558 g/mol. The van der Waals surface area contributed by atoms with Crippen LogP contribution in [0.25, 0.3) is 10.9 Å². The molecule has 206 valence electrons. The SMILES string of the molecule is O=C(O)c1ccc(C(CCCCN2CCN(c3ccnc4cc(Cl)ccc34)CC2)c2ccc(C(=O)O)cc2)cc1. The molecule has 1 fully saturated rings. The van der Waals surface area contributed by atoms with Gasteiger partial charge in [-0.15, -0.1) is 0 Å². The summed E-state index contributed by atoms with van der Waals surface area (Å²) in [6.45, 7) is 4.91. The highest BCUT2D eigenvalue weighted by Crippen LogP contribution is 2.31. The third-order valence-corrected chi connectivity index (χ3v) is 7.97. The van der Waals surface area contributed by atoms with E-state index in [1.165, 1.54) is 5.69 Å². The van der Waals surface area contributed by atoms with E-state index >= 15 is 0 Å². The maximum absolute atomic E-state index is 11.3. The van der Waals surface area contributed by atoms with Crippen LogP contribution in [-0.2, 0) is 0 Å². The zero-order valence-corrected chi connectivity index (χ0v) is 22.9. The molecule has 0 bridgehead atoms. The molecule has 1 aromatic heterocycles. The number of anilines is 1. The van der Waals surface area contributed by atoms with Crippen LogP contribution in [0, 0.1) is 0 Å². The van der Waals surface area contributed by atoms with Crippen molar-refractivity contribution < 1.29 is 19.8 Å². The first-order valence-corrected chi connectivity index (χ1v) is 13.9. The Morgan fingerprint density at radius 3 is 1.98 bits per heavy atom. The Labute approximate surface area is 238 Å². The van der Waals surface area contributed by atoms with E-state index in [0.29, 0.717) is 5.02 Å². The molecule has 5 rings (SSSR count). The number of carboxylic acid groups (broad SMARTS) is 2. The lowest BCUT2D eigenvalue weighted by Gasteiger charge is -2.36. The molecule has 8 heteroatoms. The molecular formula is C32H32ClN3O4. The van der Waals surface area contributed by atoms with Gasteiger partial charge in [0.25, 0.3) is 0 Å². The number of halogens is 1. The number of nitrogens with zero attached hydrogens (tertiary/aromatic N) is 3. The van der Waals surface area contributed by atoms with Crippen LogP contribution in [0.5, 0.6) is 0 Å². The van der Waals surface area contributed by atoms with Gasteiger partial charge < -0.3 is 15.1 Å². The molecule has 0 unspecified atom stereocenters. The van der Waals surface area contributed by atoms with Gasteiger partial charge in [0.05, 0.1) is 16.6 Å². The van der Waals surface area contributed by atoms with Gasteiger partial charge in [-0.25, -0.2) is 9.59 Å². The summed E-state index contributed by atoms with van der Waals surface area (Å²) in [6.07, 6.45) is 4.79. The largest absolute Gasteiger partial charge is 0.478 e. The predicted molar refractivity (Wildman–Crippen MR) is 158 cm³/mol. The molecule has 0 aliphatic carbocycles. The van der Waals surface area contributed by atoms with Crippen LogP contribution in [-0.4, -0.2) is 64.8 Å². The lowest BCUT2D eigenvalue weighted by Crippen LogP contribution is -2.46. The van der Waals surface area contributed by atoms with E-state index in [2.05, 4.69) is 20.9 Å². The fourth-order valence-electron chi connectivity index (χ4n) is 5.52. The fourth-order valence-corrected chi connectivity index (χ4v) is 5.69. The molecule has 0 amide bonds. The molecule has 2 N–H and O–H groups in total. The van der Waals surface area contributed by atoms with E-state index in [1.54, 1.807) is 24.3 Å². The lowest BCUT2D eigenvalue weighted by molar-refractivity contribution is 0.0686. The number of piperazine rings is 1. The van der Waals surface area contributed by atoms with E-state index < -0.39 is 11.9 Å². The zero-order chi connectivity index (χ0) is 28.1. The number of hydrogen-bond donors (Lipinski definition) is 2. The summed E-state index contributed by atoms with van der Waals surface area (Å²) < 4.78 is 0. The van der Waals surface area contributed by atoms with Crippen molar-refractivity contribution in [3.05, 3.63) is 106 Å². The minimum Gasteiger partial charge on any atom is -0.478 e. The molecule has 40 heavy (non-hydrogen) atoms. The Bertz CT molecular complexity index is 1430. The first-order valence-electron chi connectivity index (χ1n) is 13.6. The highest BCUT2D eigenvalue weighted by molar-refractivity contribution is 6.31. The first-order chi connectivity index (χ1) is 19.4. The number of rotatable bonds is 10. The summed E-state index contributed by atoms with van der Waals surface area (Å²) in [4.78, 5) is 32.0. The van der Waals surface area contributed by atoms with Crippen LogP contribution in [0.15, 0.2) is 79.0 Å². The molecule has 1 saturated heterocycles. The van der Waals surface area contributed by atoms with Crippen molar-refractivity contribution in [3.63, 3.8) is 0 Å². The van der Waals surface area contributed by atoms with Gasteiger partial charge in [0.2, 0.25) is 0 Å². The summed E-state index contributed by atoms with van der Waals surface area (Å²) in [5, 5.41) is 20.4. The number of aromatic carboxylic acids is 2. The first kappa shape index (κ1) is 27.6. The van der Waals surface area contributed by atoms with Crippen molar-refractivity contribution in [2.75, 3.05) is 37.6 Å². The molecule has 7 nitrogen and oxygen atoms in total. The second kappa shape index (κ2) is 12.5. The summed E-state index contributed by atoms with van der Waals surface area (Å²) >= 11 is 6.16. The minimum absolute atomic E-state index is 0.0658. The molecule has 1 aliphatic rings. The van der Waals surface area contributed by atoms with Crippen molar-refractivity contribution in [3.8, 4) is 0 Å². The maximum Gasteiger partial charge on any atom is 0.335 e. The Kier molecular flexibility index (Phi) is 8.63. The van der Waals surface area contributed by atoms with Crippen LogP contribution in [0.3, 0.4) is 0 Å². The standard InChI is InChI=1S/C32H32ClN3O4/c33-26-12-13-28-29(21-26)34-15-14-30(28)36-19-17-35(18-20-36)16-2-1-3-27(22-4-8-24(9-5-22)31(37)38)23-6-10-25(11-7-23)32(39)40/h4-15,21,27H,1-3,16-20H2,(H,37,38)(H,39,40). The van der Waals surface area contributed by atoms with Gasteiger partial charge >= 0.3 is 11.9 Å². The third kappa shape index (κ3) is 6.43. The smallest absolute Gasteiger partial charge is 0.335 e. The molecule has 0 saturated carbocycles. The zero-order valence-electron chi connectivity index (χ0n) is 22.2. The van der Waals surface area contributed by atoms with Gasteiger partial charge in [0.1, 0.15) is 0 Å². The molecule has 2 heterocycles. The molecule has 0 spiro atoms. The average Bonchev–Trinajstić information content (AvgIpc) is 2.97. The van der Waals surface area contributed by atoms with E-state index in [9.17, 15) is 19.8 Å². The van der Waals surface area contributed by atoms with E-state index in [0.717, 1.165) is 74.0 Å². The number of pyridine rings is 1. The van der Waals surface area contributed by atoms with Crippen molar-refractivity contribution in [1.82, 2.24) is 9.88 Å². The number of fused-ring (bicyclic) bond motifs is 1. The van der Waals surface area contributed by atoms with Gasteiger partial charge in [-0.1, -0.05) is 42.3 Å². The van der Waals surface area contributed by atoms with Gasteiger partial charge in [0, 0.05) is 54.4 Å². The van der Waals surface area contributed by atoms with Crippen molar-refractivity contribution in [2.45, 2.75) is 25.2 Å². The van der Waals surface area contributed by atoms with Crippen molar-refractivity contribution in [1.29, 1.82) is 0 Å². The predicted octanol–water partition coefficient (Wildman–Crippen LogP) is 6.41. The second-order valence-corrected chi connectivity index (χ2v) is 10.7. The highest BCUT2D eigenvalue weighted by atomic mass is 35.5. The molecule has 1 aliphatic heterocycles. The van der Waals surface area contributed by atoms with E-state index in [1.807, 2.05) is 48.7 Å². The van der Waals surface area contributed by atoms with Gasteiger partial charge in [-0.2, -0.15) is 0 Å². The highest BCUT2D eigenvalue weighted by Gasteiger charge is 2.20. The summed E-state index contributed by atoms with van der Waals surface area (Å²) in [5.41, 5.74) is 4.70. The van der Waals surface area contributed by atoms with Crippen LogP contribution in [0.4, 0.5) is 5.69 Å². The maximum atomic E-state index is 11.3. The van der Waals surface area contributed by atoms with Crippen molar-refractivity contribution in [2.24, 2.45) is 0 Å². The number of unbranched alkanes of at least 4 members (excludes halogenated alkanes) is 1. The summed E-state index contributed by atoms with van der Waals surface area (Å²) in [6, 6.07) is 22.0. The van der Waals surface area contributed by atoms with Gasteiger partial charge in [0.15, 0.2) is 0 Å². The number of aromatic nitrogens is 1. The Morgan fingerprint density at radius 1 is 0.800 bits per heavy atom. The van der Waals surface area contributed by atoms with Crippen molar-refractivity contribution >= 4 is 40.1 Å². The van der Waals surface area contributed by atoms with Gasteiger partial charge in [-0.05, 0) is 79.0 Å². The fraction of sp³-hybridized carbons (Fsp3) is 0.281. The number of benzene rings is 3. The minimum atomic E-state index is -0.949. The van der Waals surface area contributed by atoms with Gasteiger partial charge in [-0.3, -0.25) is 9.88 Å². The number of carboxylic acids is 2. The molecule has 0 atom stereocenters. The quantitative estimate of drug-likeness (QED) is 0.218. The monoisotopic (exact) mass is 557 g/mol. The Hall–Kier alpha value is -3.94. The van der Waals surface area contributed by atoms with Crippen LogP contribution in [0.1, 0.15) is 57.0 Å².